The first-order chi connectivity index (χ1) is 26.8. The van der Waals surface area contributed by atoms with Crippen molar-refractivity contribution in [3.05, 3.63) is 54.8 Å². The highest BCUT2D eigenvalue weighted by atomic mass is 32.2. The van der Waals surface area contributed by atoms with E-state index in [1.54, 1.807) is 39.0 Å². The predicted molar refractivity (Wildman–Crippen MR) is 201 cm³/mol. The molecule has 7 unspecified atom stereocenters. The largest absolute Gasteiger partial charge is 0.471 e. The summed E-state index contributed by atoms with van der Waals surface area (Å²) < 4.78 is 77.0. The first-order valence-corrected chi connectivity index (χ1v) is 20.7. The van der Waals surface area contributed by atoms with Crippen molar-refractivity contribution in [2.45, 2.75) is 119 Å². The molecule has 7 atom stereocenters. The fourth-order valence-corrected chi connectivity index (χ4v) is 9.02. The highest BCUT2D eigenvalue weighted by Gasteiger charge is 2.63. The summed E-state index contributed by atoms with van der Waals surface area (Å²) >= 11 is 0. The van der Waals surface area contributed by atoms with Crippen molar-refractivity contribution in [3.8, 4) is 5.88 Å². The lowest BCUT2D eigenvalue weighted by atomic mass is 9.85. The predicted octanol–water partition coefficient (Wildman–Crippen LogP) is 3.78. The Hall–Kier alpha value is -4.71. The second-order valence-corrected chi connectivity index (χ2v) is 19.2. The van der Waals surface area contributed by atoms with Crippen LogP contribution in [0.25, 0.3) is 11.0 Å². The minimum Gasteiger partial charge on any atom is -0.471 e. The van der Waals surface area contributed by atoms with Crippen LogP contribution in [0, 0.1) is 11.3 Å². The zero-order chi connectivity index (χ0) is 41.1. The number of rotatable bonds is 6. The van der Waals surface area contributed by atoms with Crippen LogP contribution in [0.5, 0.6) is 5.88 Å². The molecule has 2 bridgehead atoms. The van der Waals surface area contributed by atoms with Crippen LogP contribution < -0.4 is 20.1 Å². The number of ether oxygens (including phenoxy) is 3. The molecule has 1 aromatic carbocycles. The molecule has 4 amide bonds. The van der Waals surface area contributed by atoms with Gasteiger partial charge in [0.05, 0.1) is 35.0 Å². The fraction of sp³-hybridized carbons (Fsp3) is 0.590. The zero-order valence-electron chi connectivity index (χ0n) is 32.3. The van der Waals surface area contributed by atoms with Gasteiger partial charge in [0, 0.05) is 12.3 Å². The molecule has 0 radical (unpaired) electrons. The number of aromatic nitrogens is 2. The molecule has 3 aliphatic carbocycles. The standard InChI is InChI=1S/C39H48F2N6O9S/c1-6-22-20-38(22,34(50)46-57(52,53)37(5)16-17-37)45-31(48)26-19-23-21-47(26)33(49)30(36(2,3)4)44-35(51)56-28-14-9-13-27(28)54-18-10-15-39(40,41)29-32(55-23)43-25-12-8-7-11-24(25)42-29/h6-8,10-12,15,22-23,26-28,30H,1,9,13-14,16-21H2,2-5H3,(H,44,51)(H,45,48)(H,46,50). The van der Waals surface area contributed by atoms with Crippen molar-refractivity contribution in [3.63, 3.8) is 0 Å². The molecule has 3 saturated carbocycles. The van der Waals surface area contributed by atoms with E-state index in [1.807, 2.05) is 0 Å². The summed E-state index contributed by atoms with van der Waals surface area (Å²) in [6, 6.07) is 3.78. The minimum atomic E-state index is -4.08. The number of carbonyl (C=O) groups is 4. The summed E-state index contributed by atoms with van der Waals surface area (Å²) in [5, 5.41) is 5.40. The van der Waals surface area contributed by atoms with E-state index >= 15 is 8.78 Å². The van der Waals surface area contributed by atoms with E-state index in [1.165, 1.54) is 24.0 Å². The summed E-state index contributed by atoms with van der Waals surface area (Å²) in [4.78, 5) is 65.9. The van der Waals surface area contributed by atoms with Crippen LogP contribution in [0.1, 0.15) is 78.3 Å². The number of carbonyl (C=O) groups excluding carboxylic acids is 4. The normalized spacial score (nSPS) is 31.0. The topological polar surface area (TPSA) is 195 Å². The SMILES string of the molecule is C=CC1CC1(NC(=O)C1CC2CN1C(=O)C(C(C)(C)C)NC(=O)OC1CCCC1OCC=CC(F)(F)c1nc3ccccc3nc1O2)C(=O)NS(=O)(=O)C1(C)CC1. The van der Waals surface area contributed by atoms with Gasteiger partial charge in [0.25, 0.3) is 5.91 Å². The Kier molecular flexibility index (Phi) is 10.4. The Morgan fingerprint density at radius 1 is 1.07 bits per heavy atom. The smallest absolute Gasteiger partial charge is 0.408 e. The van der Waals surface area contributed by atoms with Gasteiger partial charge in [-0.3, -0.25) is 19.1 Å². The van der Waals surface area contributed by atoms with Gasteiger partial charge in [-0.15, -0.1) is 6.58 Å². The van der Waals surface area contributed by atoms with Gasteiger partial charge in [0.15, 0.2) is 5.69 Å². The number of hydrogen-bond donors (Lipinski definition) is 3. The average Bonchev–Trinajstić information content (AvgIpc) is 3.96. The van der Waals surface area contributed by atoms with Crippen LogP contribution in [0.4, 0.5) is 13.6 Å². The van der Waals surface area contributed by atoms with Gasteiger partial charge >= 0.3 is 12.0 Å². The molecule has 0 spiro atoms. The molecule has 3 N–H and O–H groups in total. The van der Waals surface area contributed by atoms with Gasteiger partial charge in [-0.05, 0) is 69.1 Å². The molecule has 18 heteroatoms. The Morgan fingerprint density at radius 3 is 2.40 bits per heavy atom. The molecule has 15 nitrogen and oxygen atoms in total. The van der Waals surface area contributed by atoms with Crippen LogP contribution in [0.3, 0.4) is 0 Å². The third-order valence-electron chi connectivity index (χ3n) is 11.6. The number of nitrogens with zero attached hydrogens (tertiary/aromatic N) is 3. The molecule has 1 aromatic heterocycles. The molecule has 5 aliphatic rings. The monoisotopic (exact) mass is 814 g/mol. The van der Waals surface area contributed by atoms with E-state index in [0.29, 0.717) is 38.2 Å². The first kappa shape index (κ1) is 40.5. The maximum atomic E-state index is 16.1. The van der Waals surface area contributed by atoms with Crippen molar-refractivity contribution in [2.24, 2.45) is 11.3 Å². The lowest BCUT2D eigenvalue weighted by Gasteiger charge is -2.35. The van der Waals surface area contributed by atoms with Gasteiger partial charge in [-0.2, -0.15) is 8.78 Å². The van der Waals surface area contributed by atoms with Gasteiger partial charge < -0.3 is 29.7 Å². The molecular formula is C39H48F2N6O9S. The fourth-order valence-electron chi connectivity index (χ4n) is 7.71. The van der Waals surface area contributed by atoms with E-state index in [4.69, 9.17) is 14.2 Å². The number of amides is 4. The number of nitrogens with one attached hydrogen (secondary N) is 3. The lowest BCUT2D eigenvalue weighted by Crippen LogP contribution is -2.60. The second kappa shape index (κ2) is 14.6. The lowest BCUT2D eigenvalue weighted by molar-refractivity contribution is -0.143. The average molecular weight is 815 g/mol. The number of halogens is 2. The van der Waals surface area contributed by atoms with Gasteiger partial charge in [0.1, 0.15) is 29.8 Å². The summed E-state index contributed by atoms with van der Waals surface area (Å²) in [7, 11) is -4.08. The number of allylic oxidation sites excluding steroid dienone is 1. The number of alkyl halides is 2. The molecule has 1 saturated heterocycles. The van der Waals surface area contributed by atoms with Crippen molar-refractivity contribution in [1.82, 2.24) is 30.2 Å². The van der Waals surface area contributed by atoms with Crippen LogP contribution in [0.2, 0.25) is 0 Å². The van der Waals surface area contributed by atoms with Crippen molar-refractivity contribution in [2.75, 3.05) is 13.2 Å². The number of benzene rings is 1. The third-order valence-corrected chi connectivity index (χ3v) is 13.8. The molecule has 4 fully saturated rings. The van der Waals surface area contributed by atoms with Crippen LogP contribution in [-0.4, -0.2) is 101 Å². The molecule has 308 valence electrons. The van der Waals surface area contributed by atoms with Crippen molar-refractivity contribution < 1.29 is 50.6 Å². The Bertz CT molecular complexity index is 2120. The van der Waals surface area contributed by atoms with Crippen molar-refractivity contribution in [1.29, 1.82) is 0 Å². The van der Waals surface area contributed by atoms with Crippen LogP contribution in [-0.2, 0) is 39.8 Å². The Morgan fingerprint density at radius 2 is 1.75 bits per heavy atom. The van der Waals surface area contributed by atoms with Gasteiger partial charge in [0.2, 0.25) is 27.7 Å². The van der Waals surface area contributed by atoms with Crippen LogP contribution in [0.15, 0.2) is 49.1 Å². The Balaban J connectivity index is 1.26. The Labute approximate surface area is 329 Å². The van der Waals surface area contributed by atoms with E-state index < -0.39 is 103 Å². The minimum absolute atomic E-state index is 0.0451. The molecule has 3 heterocycles. The number of hydrogen-bond acceptors (Lipinski definition) is 11. The van der Waals surface area contributed by atoms with E-state index in [0.717, 1.165) is 6.08 Å². The number of fused-ring (bicyclic) bond motifs is 5. The summed E-state index contributed by atoms with van der Waals surface area (Å²) in [5.41, 5.74) is -2.97. The second-order valence-electron chi connectivity index (χ2n) is 17.0. The third kappa shape index (κ3) is 7.94. The quantitative estimate of drug-likeness (QED) is 0.360. The first-order valence-electron chi connectivity index (χ1n) is 19.2. The summed E-state index contributed by atoms with van der Waals surface area (Å²) in [6.45, 7) is 9.88. The molecule has 2 aliphatic heterocycles. The van der Waals surface area contributed by atoms with E-state index in [-0.39, 0.29) is 37.0 Å². The van der Waals surface area contributed by atoms with E-state index in [2.05, 4.69) is 31.9 Å². The van der Waals surface area contributed by atoms with E-state index in [9.17, 15) is 27.6 Å². The number of alkyl carbamates (subject to hydrolysis) is 1. The number of para-hydroxylation sites is 2. The van der Waals surface area contributed by atoms with Gasteiger partial charge in [-0.1, -0.05) is 45.1 Å². The van der Waals surface area contributed by atoms with Crippen LogP contribution >= 0.6 is 0 Å². The highest BCUT2D eigenvalue weighted by Crippen LogP contribution is 2.47. The molecule has 57 heavy (non-hydrogen) atoms. The highest BCUT2D eigenvalue weighted by molar-refractivity contribution is 7.91. The molecule has 2 aromatic rings. The molecular weight excluding hydrogens is 767 g/mol. The summed E-state index contributed by atoms with van der Waals surface area (Å²) in [6.07, 6.45) is 2.08. The van der Waals surface area contributed by atoms with Crippen molar-refractivity contribution >= 4 is 44.9 Å². The molecule has 7 rings (SSSR count). The van der Waals surface area contributed by atoms with Gasteiger partial charge in [-0.25, -0.2) is 23.2 Å². The maximum Gasteiger partial charge on any atom is 0.408 e. The maximum absolute atomic E-state index is 16.1. The number of sulfonamides is 1. The zero-order valence-corrected chi connectivity index (χ0v) is 33.1. The summed E-state index contributed by atoms with van der Waals surface area (Å²) in [5.74, 6) is -7.32.